The number of carbonyl (C=O) groups excluding carboxylic acids is 2. The molecule has 0 radical (unpaired) electrons. The molecule has 0 saturated heterocycles. The minimum atomic E-state index is -0.356. The summed E-state index contributed by atoms with van der Waals surface area (Å²) in [6.45, 7) is 1.39. The SMILES string of the molecule is CC(=O)Nc1ccc(NC(=O)c2ncccc2Br)cc1Cl. The fraction of sp³-hybridized carbons (Fsp3) is 0.0714. The first-order valence-corrected chi connectivity index (χ1v) is 7.13. The van der Waals surface area contributed by atoms with Gasteiger partial charge in [-0.05, 0) is 46.3 Å². The number of aromatic nitrogens is 1. The lowest BCUT2D eigenvalue weighted by atomic mass is 10.2. The molecule has 0 aliphatic carbocycles. The number of anilines is 2. The molecule has 5 nitrogen and oxygen atoms in total. The van der Waals surface area contributed by atoms with Gasteiger partial charge in [0.2, 0.25) is 5.91 Å². The molecule has 108 valence electrons. The molecule has 0 spiro atoms. The van der Waals surface area contributed by atoms with Crippen LogP contribution in [0.15, 0.2) is 41.0 Å². The first-order valence-electron chi connectivity index (χ1n) is 5.96. The molecule has 2 N–H and O–H groups in total. The molecule has 0 atom stereocenters. The van der Waals surface area contributed by atoms with E-state index < -0.39 is 0 Å². The Morgan fingerprint density at radius 2 is 2.00 bits per heavy atom. The third-order valence-corrected chi connectivity index (χ3v) is 3.46. The van der Waals surface area contributed by atoms with Crippen LogP contribution in [0.5, 0.6) is 0 Å². The van der Waals surface area contributed by atoms with Crippen LogP contribution in [0.25, 0.3) is 0 Å². The van der Waals surface area contributed by atoms with Gasteiger partial charge < -0.3 is 10.6 Å². The van der Waals surface area contributed by atoms with E-state index in [1.54, 1.807) is 30.3 Å². The molecule has 0 aliphatic rings. The Kier molecular flexibility index (Phi) is 4.93. The van der Waals surface area contributed by atoms with E-state index in [0.29, 0.717) is 20.9 Å². The predicted octanol–water partition coefficient (Wildman–Crippen LogP) is 3.71. The summed E-state index contributed by atoms with van der Waals surface area (Å²) in [7, 11) is 0. The minimum Gasteiger partial charge on any atom is -0.325 e. The van der Waals surface area contributed by atoms with Crippen LogP contribution in [0, 0.1) is 0 Å². The van der Waals surface area contributed by atoms with E-state index in [0.717, 1.165) is 0 Å². The van der Waals surface area contributed by atoms with Crippen LogP contribution in [0.2, 0.25) is 5.02 Å². The van der Waals surface area contributed by atoms with Crippen molar-refractivity contribution in [2.75, 3.05) is 10.6 Å². The van der Waals surface area contributed by atoms with Crippen LogP contribution < -0.4 is 10.6 Å². The first-order chi connectivity index (χ1) is 9.97. The lowest BCUT2D eigenvalue weighted by Gasteiger charge is -2.09. The monoisotopic (exact) mass is 367 g/mol. The van der Waals surface area contributed by atoms with Crippen LogP contribution in [0.1, 0.15) is 17.4 Å². The zero-order valence-corrected chi connectivity index (χ0v) is 13.3. The third-order valence-electron chi connectivity index (χ3n) is 2.51. The van der Waals surface area contributed by atoms with Crippen molar-refractivity contribution in [3.63, 3.8) is 0 Å². The number of benzene rings is 1. The van der Waals surface area contributed by atoms with E-state index in [2.05, 4.69) is 31.5 Å². The average Bonchev–Trinajstić information content (AvgIpc) is 2.42. The minimum absolute atomic E-state index is 0.217. The summed E-state index contributed by atoms with van der Waals surface area (Å²) in [6, 6.07) is 8.27. The number of halogens is 2. The number of hydrogen-bond donors (Lipinski definition) is 2. The molecule has 1 aromatic heterocycles. The molecule has 2 amide bonds. The van der Waals surface area contributed by atoms with Crippen molar-refractivity contribution in [1.82, 2.24) is 4.98 Å². The molecule has 7 heteroatoms. The van der Waals surface area contributed by atoms with Gasteiger partial charge in [0, 0.05) is 23.3 Å². The quantitative estimate of drug-likeness (QED) is 0.867. The van der Waals surface area contributed by atoms with E-state index in [1.165, 1.54) is 13.1 Å². The van der Waals surface area contributed by atoms with Crippen molar-refractivity contribution in [3.8, 4) is 0 Å². The summed E-state index contributed by atoms with van der Waals surface area (Å²) in [5, 5.41) is 5.62. The van der Waals surface area contributed by atoms with Crippen LogP contribution >= 0.6 is 27.5 Å². The zero-order valence-electron chi connectivity index (χ0n) is 11.0. The van der Waals surface area contributed by atoms with Crippen molar-refractivity contribution < 1.29 is 9.59 Å². The highest BCUT2D eigenvalue weighted by Crippen LogP contribution is 2.26. The summed E-state index contributed by atoms with van der Waals surface area (Å²) in [6.07, 6.45) is 1.53. The molecule has 0 unspecified atom stereocenters. The summed E-state index contributed by atoms with van der Waals surface area (Å²) < 4.78 is 0.600. The molecule has 2 rings (SSSR count). The molecular weight excluding hydrogens is 358 g/mol. The highest BCUT2D eigenvalue weighted by Gasteiger charge is 2.12. The van der Waals surface area contributed by atoms with Crippen molar-refractivity contribution in [2.24, 2.45) is 0 Å². The van der Waals surface area contributed by atoms with Crippen molar-refractivity contribution in [3.05, 3.63) is 51.7 Å². The molecule has 1 heterocycles. The Morgan fingerprint density at radius 1 is 1.24 bits per heavy atom. The highest BCUT2D eigenvalue weighted by molar-refractivity contribution is 9.10. The summed E-state index contributed by atoms with van der Waals surface area (Å²) in [4.78, 5) is 27.1. The number of nitrogens with one attached hydrogen (secondary N) is 2. The largest absolute Gasteiger partial charge is 0.325 e. The standard InChI is InChI=1S/C14H11BrClN3O2/c1-8(20)18-12-5-4-9(7-11(12)16)19-14(21)13-10(15)3-2-6-17-13/h2-7H,1H3,(H,18,20)(H,19,21). The maximum Gasteiger partial charge on any atom is 0.275 e. The predicted molar refractivity (Wildman–Crippen MR) is 85.6 cm³/mol. The van der Waals surface area contributed by atoms with Crippen LogP contribution in [0.3, 0.4) is 0 Å². The number of rotatable bonds is 3. The molecular formula is C14H11BrClN3O2. The van der Waals surface area contributed by atoms with E-state index in [9.17, 15) is 9.59 Å². The average molecular weight is 369 g/mol. The van der Waals surface area contributed by atoms with Crippen molar-refractivity contribution in [1.29, 1.82) is 0 Å². The van der Waals surface area contributed by atoms with E-state index in [-0.39, 0.29) is 17.5 Å². The van der Waals surface area contributed by atoms with Gasteiger partial charge in [0.15, 0.2) is 0 Å². The van der Waals surface area contributed by atoms with E-state index >= 15 is 0 Å². The zero-order chi connectivity index (χ0) is 15.4. The number of amides is 2. The van der Waals surface area contributed by atoms with Crippen molar-refractivity contribution >= 4 is 50.7 Å². The third kappa shape index (κ3) is 4.03. The van der Waals surface area contributed by atoms with Gasteiger partial charge in [0.05, 0.1) is 10.7 Å². The van der Waals surface area contributed by atoms with Gasteiger partial charge in [-0.1, -0.05) is 11.6 Å². The van der Waals surface area contributed by atoms with Crippen LogP contribution in [-0.2, 0) is 4.79 Å². The topological polar surface area (TPSA) is 71.1 Å². The fourth-order valence-electron chi connectivity index (χ4n) is 1.63. The number of carbonyl (C=O) groups is 2. The second-order valence-corrected chi connectivity index (χ2v) is 5.43. The van der Waals surface area contributed by atoms with Gasteiger partial charge in [-0.25, -0.2) is 4.98 Å². The van der Waals surface area contributed by atoms with Gasteiger partial charge in [-0.15, -0.1) is 0 Å². The Bertz CT molecular complexity index is 706. The van der Waals surface area contributed by atoms with Gasteiger partial charge in [-0.2, -0.15) is 0 Å². The van der Waals surface area contributed by atoms with Gasteiger partial charge >= 0.3 is 0 Å². The smallest absolute Gasteiger partial charge is 0.275 e. The van der Waals surface area contributed by atoms with Gasteiger partial charge in [0.25, 0.3) is 5.91 Å². The second-order valence-electron chi connectivity index (χ2n) is 4.16. The Morgan fingerprint density at radius 3 is 2.62 bits per heavy atom. The molecule has 21 heavy (non-hydrogen) atoms. The Balaban J connectivity index is 2.17. The lowest BCUT2D eigenvalue weighted by molar-refractivity contribution is -0.114. The van der Waals surface area contributed by atoms with Crippen LogP contribution in [-0.4, -0.2) is 16.8 Å². The molecule has 0 fully saturated rings. The van der Waals surface area contributed by atoms with Gasteiger partial charge in [-0.3, -0.25) is 9.59 Å². The summed E-state index contributed by atoms with van der Waals surface area (Å²) >= 11 is 9.31. The summed E-state index contributed by atoms with van der Waals surface area (Å²) in [5.74, 6) is -0.572. The number of nitrogens with zero attached hydrogens (tertiary/aromatic N) is 1. The second kappa shape index (κ2) is 6.69. The van der Waals surface area contributed by atoms with E-state index in [4.69, 9.17) is 11.6 Å². The molecule has 0 aliphatic heterocycles. The maximum atomic E-state index is 12.1. The highest BCUT2D eigenvalue weighted by atomic mass is 79.9. The van der Waals surface area contributed by atoms with Gasteiger partial charge in [0.1, 0.15) is 5.69 Å². The lowest BCUT2D eigenvalue weighted by Crippen LogP contribution is -2.14. The first kappa shape index (κ1) is 15.5. The molecule has 0 saturated carbocycles. The molecule has 1 aromatic carbocycles. The Hall–Kier alpha value is -1.92. The number of hydrogen-bond acceptors (Lipinski definition) is 3. The van der Waals surface area contributed by atoms with E-state index in [1.807, 2.05) is 0 Å². The molecule has 2 aromatic rings. The maximum absolute atomic E-state index is 12.1. The normalized spacial score (nSPS) is 10.0. The van der Waals surface area contributed by atoms with Crippen LogP contribution in [0.4, 0.5) is 11.4 Å². The molecule has 0 bridgehead atoms. The number of pyridine rings is 1. The Labute approximate surface area is 134 Å². The van der Waals surface area contributed by atoms with Crippen molar-refractivity contribution in [2.45, 2.75) is 6.92 Å². The summed E-state index contributed by atoms with van der Waals surface area (Å²) in [5.41, 5.74) is 1.28. The fourth-order valence-corrected chi connectivity index (χ4v) is 2.29.